The van der Waals surface area contributed by atoms with Crippen LogP contribution in [0.2, 0.25) is 5.15 Å². The van der Waals surface area contributed by atoms with Crippen molar-refractivity contribution in [3.63, 3.8) is 0 Å². The minimum absolute atomic E-state index is 0.219. The molecule has 0 fully saturated rings. The Morgan fingerprint density at radius 2 is 2.33 bits per heavy atom. The Morgan fingerprint density at radius 1 is 1.47 bits per heavy atom. The fraction of sp³-hybridized carbons (Fsp3) is 0.100. The van der Waals surface area contributed by atoms with Gasteiger partial charge in [-0.1, -0.05) is 17.7 Å². The van der Waals surface area contributed by atoms with Crippen LogP contribution < -0.4 is 5.56 Å². The number of aromatic nitrogens is 3. The van der Waals surface area contributed by atoms with Gasteiger partial charge in [0.05, 0.1) is 0 Å². The molecule has 0 aliphatic rings. The second-order valence-electron chi connectivity index (χ2n) is 3.08. The number of halogens is 1. The van der Waals surface area contributed by atoms with Gasteiger partial charge in [-0.15, -0.1) is 0 Å². The topological polar surface area (TPSA) is 58.6 Å². The van der Waals surface area contributed by atoms with E-state index in [9.17, 15) is 4.79 Å². The SMILES string of the molecule is O=c1[nH]nc(Cl)cc1Cc1cccnc1. The van der Waals surface area contributed by atoms with Crippen LogP contribution in [0, 0.1) is 0 Å². The molecule has 4 nitrogen and oxygen atoms in total. The lowest BCUT2D eigenvalue weighted by molar-refractivity contribution is 0.947. The number of hydrogen-bond acceptors (Lipinski definition) is 3. The van der Waals surface area contributed by atoms with Crippen LogP contribution in [-0.2, 0) is 6.42 Å². The molecule has 0 saturated heterocycles. The molecule has 15 heavy (non-hydrogen) atoms. The van der Waals surface area contributed by atoms with E-state index in [-0.39, 0.29) is 10.7 Å². The Balaban J connectivity index is 2.32. The molecule has 1 N–H and O–H groups in total. The standard InChI is InChI=1S/C10H8ClN3O/c11-9-5-8(10(15)14-13-9)4-7-2-1-3-12-6-7/h1-3,5-6H,4H2,(H,14,15). The Labute approximate surface area is 90.9 Å². The number of nitrogens with zero attached hydrogens (tertiary/aromatic N) is 2. The van der Waals surface area contributed by atoms with Gasteiger partial charge in [-0.05, 0) is 17.7 Å². The summed E-state index contributed by atoms with van der Waals surface area (Å²) < 4.78 is 0. The number of H-pyrrole nitrogens is 1. The Bertz CT molecular complexity index is 510. The molecule has 5 heteroatoms. The van der Waals surface area contributed by atoms with Crippen molar-refractivity contribution in [1.29, 1.82) is 0 Å². The number of aromatic amines is 1. The second-order valence-corrected chi connectivity index (χ2v) is 3.47. The van der Waals surface area contributed by atoms with Gasteiger partial charge in [0.1, 0.15) is 5.15 Å². The van der Waals surface area contributed by atoms with Gasteiger partial charge in [0.2, 0.25) is 0 Å². The number of rotatable bonds is 2. The summed E-state index contributed by atoms with van der Waals surface area (Å²) in [6.07, 6.45) is 3.91. The van der Waals surface area contributed by atoms with Gasteiger partial charge < -0.3 is 0 Å². The summed E-state index contributed by atoms with van der Waals surface area (Å²) in [5.41, 5.74) is 1.33. The van der Waals surface area contributed by atoms with Crippen LogP contribution in [0.3, 0.4) is 0 Å². The number of hydrogen-bond donors (Lipinski definition) is 1. The normalized spacial score (nSPS) is 10.2. The molecule has 2 rings (SSSR count). The third-order valence-corrected chi connectivity index (χ3v) is 2.16. The molecule has 2 aromatic heterocycles. The highest BCUT2D eigenvalue weighted by Crippen LogP contribution is 2.07. The lowest BCUT2D eigenvalue weighted by Gasteiger charge is -1.99. The molecule has 2 heterocycles. The predicted octanol–water partition coefficient (Wildman–Crippen LogP) is 1.41. The van der Waals surface area contributed by atoms with E-state index >= 15 is 0 Å². The molecular formula is C10H8ClN3O. The molecule has 2 aromatic rings. The summed E-state index contributed by atoms with van der Waals surface area (Å²) in [7, 11) is 0. The predicted molar refractivity (Wildman–Crippen MR) is 56.9 cm³/mol. The van der Waals surface area contributed by atoms with E-state index in [0.717, 1.165) is 5.56 Å². The summed E-state index contributed by atoms with van der Waals surface area (Å²) in [6, 6.07) is 5.29. The third kappa shape index (κ3) is 2.41. The maximum atomic E-state index is 11.4. The van der Waals surface area contributed by atoms with Crippen molar-refractivity contribution >= 4 is 11.6 Å². The highest BCUT2D eigenvalue weighted by Gasteiger charge is 2.02. The van der Waals surface area contributed by atoms with Crippen molar-refractivity contribution in [2.24, 2.45) is 0 Å². The van der Waals surface area contributed by atoms with E-state index in [1.165, 1.54) is 0 Å². The quantitative estimate of drug-likeness (QED) is 0.834. The van der Waals surface area contributed by atoms with Crippen molar-refractivity contribution in [3.8, 4) is 0 Å². The van der Waals surface area contributed by atoms with Crippen LogP contribution in [0.15, 0.2) is 35.4 Å². The zero-order chi connectivity index (χ0) is 10.7. The monoisotopic (exact) mass is 221 g/mol. The maximum absolute atomic E-state index is 11.4. The first-order valence-corrected chi connectivity index (χ1v) is 4.76. The molecule has 0 aromatic carbocycles. The van der Waals surface area contributed by atoms with Crippen LogP contribution in [0.1, 0.15) is 11.1 Å². The summed E-state index contributed by atoms with van der Waals surface area (Å²) >= 11 is 5.69. The van der Waals surface area contributed by atoms with Gasteiger partial charge in [-0.25, -0.2) is 5.10 Å². The van der Waals surface area contributed by atoms with E-state index in [1.54, 1.807) is 18.5 Å². The van der Waals surface area contributed by atoms with Crippen molar-refractivity contribution in [1.82, 2.24) is 15.2 Å². The molecule has 0 aliphatic heterocycles. The maximum Gasteiger partial charge on any atom is 0.267 e. The molecule has 0 bridgehead atoms. The van der Waals surface area contributed by atoms with Gasteiger partial charge >= 0.3 is 0 Å². The zero-order valence-electron chi connectivity index (χ0n) is 7.77. The first-order valence-electron chi connectivity index (χ1n) is 4.39. The summed E-state index contributed by atoms with van der Waals surface area (Å²) in [6.45, 7) is 0. The fourth-order valence-electron chi connectivity index (χ4n) is 1.27. The average molecular weight is 222 g/mol. The van der Waals surface area contributed by atoms with E-state index in [2.05, 4.69) is 15.2 Å². The van der Waals surface area contributed by atoms with E-state index in [0.29, 0.717) is 12.0 Å². The summed E-state index contributed by atoms with van der Waals surface area (Å²) in [5.74, 6) is 0. The smallest absolute Gasteiger partial charge is 0.267 e. The minimum Gasteiger partial charge on any atom is -0.268 e. The van der Waals surface area contributed by atoms with Gasteiger partial charge in [-0.3, -0.25) is 9.78 Å². The largest absolute Gasteiger partial charge is 0.268 e. The van der Waals surface area contributed by atoms with Crippen molar-refractivity contribution < 1.29 is 0 Å². The van der Waals surface area contributed by atoms with Crippen LogP contribution in [-0.4, -0.2) is 15.2 Å². The van der Waals surface area contributed by atoms with Crippen molar-refractivity contribution in [2.45, 2.75) is 6.42 Å². The molecule has 0 amide bonds. The first-order chi connectivity index (χ1) is 7.25. The van der Waals surface area contributed by atoms with Gasteiger partial charge in [-0.2, -0.15) is 5.10 Å². The van der Waals surface area contributed by atoms with Crippen molar-refractivity contribution in [2.75, 3.05) is 0 Å². The third-order valence-electron chi connectivity index (χ3n) is 1.97. The van der Waals surface area contributed by atoms with Gasteiger partial charge in [0, 0.05) is 24.4 Å². The van der Waals surface area contributed by atoms with E-state index in [1.807, 2.05) is 12.1 Å². The summed E-state index contributed by atoms with van der Waals surface area (Å²) in [5, 5.41) is 6.21. The van der Waals surface area contributed by atoms with Crippen LogP contribution >= 0.6 is 11.6 Å². The van der Waals surface area contributed by atoms with Crippen molar-refractivity contribution in [3.05, 3.63) is 57.2 Å². The second kappa shape index (κ2) is 4.23. The van der Waals surface area contributed by atoms with Crippen LogP contribution in [0.5, 0.6) is 0 Å². The Hall–Kier alpha value is -1.68. The molecule has 0 spiro atoms. The molecule has 0 saturated carbocycles. The highest BCUT2D eigenvalue weighted by molar-refractivity contribution is 6.29. The first kappa shape index (κ1) is 9.86. The number of pyridine rings is 1. The lowest BCUT2D eigenvalue weighted by Crippen LogP contribution is -2.14. The van der Waals surface area contributed by atoms with E-state index < -0.39 is 0 Å². The lowest BCUT2D eigenvalue weighted by atomic mass is 10.1. The molecule has 0 aliphatic carbocycles. The zero-order valence-corrected chi connectivity index (χ0v) is 8.53. The van der Waals surface area contributed by atoms with Gasteiger partial charge in [0.15, 0.2) is 0 Å². The fourth-order valence-corrected chi connectivity index (χ4v) is 1.45. The van der Waals surface area contributed by atoms with Gasteiger partial charge in [0.25, 0.3) is 5.56 Å². The van der Waals surface area contributed by atoms with Crippen LogP contribution in [0.25, 0.3) is 0 Å². The van der Waals surface area contributed by atoms with Crippen LogP contribution in [0.4, 0.5) is 0 Å². The molecule has 76 valence electrons. The Kier molecular flexibility index (Phi) is 2.78. The van der Waals surface area contributed by atoms with E-state index in [4.69, 9.17) is 11.6 Å². The summed E-state index contributed by atoms with van der Waals surface area (Å²) in [4.78, 5) is 15.4. The highest BCUT2D eigenvalue weighted by atomic mass is 35.5. The molecule has 0 unspecified atom stereocenters. The molecule has 0 radical (unpaired) electrons. The number of nitrogens with one attached hydrogen (secondary N) is 1. The molecular weight excluding hydrogens is 214 g/mol. The average Bonchev–Trinajstić information content (AvgIpc) is 2.25. The Morgan fingerprint density at radius 3 is 3.07 bits per heavy atom. The molecule has 0 atom stereocenters. The minimum atomic E-state index is -0.219.